The first kappa shape index (κ1) is 26.1. The van der Waals surface area contributed by atoms with Crippen LogP contribution in [0.15, 0.2) is 54.6 Å². The van der Waals surface area contributed by atoms with Gasteiger partial charge in [0.2, 0.25) is 5.88 Å². The Morgan fingerprint density at radius 1 is 1.19 bits per heavy atom. The summed E-state index contributed by atoms with van der Waals surface area (Å²) in [5.41, 5.74) is 2.66. The Balaban J connectivity index is 0.972. The van der Waals surface area contributed by atoms with Crippen LogP contribution in [0.5, 0.6) is 5.88 Å². The normalized spacial score (nSPS) is 25.4. The summed E-state index contributed by atoms with van der Waals surface area (Å²) in [6.07, 6.45) is 3.18. The molecule has 218 valence electrons. The molecule has 1 saturated carbocycles. The molecule has 43 heavy (non-hydrogen) atoms. The van der Waals surface area contributed by atoms with Crippen molar-refractivity contribution in [2.75, 3.05) is 18.1 Å². The fourth-order valence-corrected chi connectivity index (χ4v) is 7.22. The summed E-state index contributed by atoms with van der Waals surface area (Å²) in [4.78, 5) is 26.2. The third-order valence-corrected chi connectivity index (χ3v) is 9.52. The van der Waals surface area contributed by atoms with E-state index in [-0.39, 0.29) is 29.4 Å². The van der Waals surface area contributed by atoms with E-state index in [4.69, 9.17) is 24.7 Å². The van der Waals surface area contributed by atoms with Gasteiger partial charge in [-0.1, -0.05) is 12.1 Å². The predicted octanol–water partition coefficient (Wildman–Crippen LogP) is 4.11. The number of halogens is 1. The number of pyridine rings is 1. The van der Waals surface area contributed by atoms with Crippen molar-refractivity contribution in [3.8, 4) is 11.9 Å². The van der Waals surface area contributed by atoms with Crippen LogP contribution in [-0.2, 0) is 24.4 Å². The van der Waals surface area contributed by atoms with Crippen LogP contribution in [0.3, 0.4) is 0 Å². The number of imidazole rings is 1. The SMILES string of the molecule is N#Cc1ccc(COc2cccc(N3C4CN(Cc5nc6ccc(C(=O)O)cc6n5C[C@@H]5CCCO5)C45CC35)n2)c(F)c1. The minimum Gasteiger partial charge on any atom is -0.478 e. The largest absolute Gasteiger partial charge is 0.478 e. The molecule has 3 unspecified atom stereocenters. The Bertz CT molecular complexity index is 1810. The lowest BCUT2D eigenvalue weighted by molar-refractivity contribution is -0.0193. The standard InChI is InChI=1S/C32H29FN6O4/c33-23-11-19(14-34)6-7-21(23)18-43-30-5-1-4-28(36-30)39-26-13-32(26)27(39)16-37(32)17-29-35-24-9-8-20(31(40)41)12-25(24)38(29)15-22-3-2-10-42-22/h1,4-9,11-12,22,26-27H,2-3,10,13,15-18H2,(H,40,41)/t22-,26?,27?,32?/m0/s1. The van der Waals surface area contributed by atoms with Crippen LogP contribution >= 0.6 is 0 Å². The zero-order valence-corrected chi connectivity index (χ0v) is 23.3. The van der Waals surface area contributed by atoms with Crippen molar-refractivity contribution in [3.63, 3.8) is 0 Å². The van der Waals surface area contributed by atoms with Gasteiger partial charge in [-0.15, -0.1) is 0 Å². The number of ether oxygens (including phenoxy) is 2. The molecule has 5 heterocycles. The number of nitrogens with zero attached hydrogens (tertiary/aromatic N) is 6. The lowest BCUT2D eigenvalue weighted by Gasteiger charge is -2.62. The average molecular weight is 581 g/mol. The molecule has 2 aromatic heterocycles. The number of aromatic carboxylic acids is 1. The lowest BCUT2D eigenvalue weighted by Crippen LogP contribution is -2.79. The van der Waals surface area contributed by atoms with Gasteiger partial charge in [-0.2, -0.15) is 10.2 Å². The molecule has 10 nitrogen and oxygen atoms in total. The summed E-state index contributed by atoms with van der Waals surface area (Å²) in [6, 6.07) is 17.8. The molecule has 4 aromatic rings. The van der Waals surface area contributed by atoms with Gasteiger partial charge >= 0.3 is 5.97 Å². The van der Waals surface area contributed by atoms with E-state index in [1.807, 2.05) is 18.2 Å². The van der Waals surface area contributed by atoms with E-state index >= 15 is 0 Å². The Labute approximate surface area is 246 Å². The van der Waals surface area contributed by atoms with Crippen LogP contribution in [0.2, 0.25) is 0 Å². The first-order valence-corrected chi connectivity index (χ1v) is 14.6. The number of aromatic nitrogens is 3. The maximum absolute atomic E-state index is 14.3. The Morgan fingerprint density at radius 3 is 2.86 bits per heavy atom. The quantitative estimate of drug-likeness (QED) is 0.312. The monoisotopic (exact) mass is 580 g/mol. The van der Waals surface area contributed by atoms with Gasteiger partial charge in [-0.3, -0.25) is 4.90 Å². The molecule has 1 aliphatic carbocycles. The van der Waals surface area contributed by atoms with Gasteiger partial charge in [-0.25, -0.2) is 14.2 Å². The Hall–Kier alpha value is -4.53. The maximum Gasteiger partial charge on any atom is 0.335 e. The van der Waals surface area contributed by atoms with Gasteiger partial charge in [0.1, 0.15) is 24.1 Å². The van der Waals surface area contributed by atoms with Crippen LogP contribution in [0, 0.1) is 17.1 Å². The number of carboxylic acids is 1. The number of hydrogen-bond donors (Lipinski definition) is 1. The molecule has 0 bridgehead atoms. The molecule has 2 aromatic carbocycles. The van der Waals surface area contributed by atoms with Crippen molar-refractivity contribution in [1.29, 1.82) is 5.26 Å². The summed E-state index contributed by atoms with van der Waals surface area (Å²) in [5, 5.41) is 18.5. The summed E-state index contributed by atoms with van der Waals surface area (Å²) in [7, 11) is 0. The van der Waals surface area contributed by atoms with Crippen molar-refractivity contribution in [3.05, 3.63) is 82.9 Å². The highest BCUT2D eigenvalue weighted by Crippen LogP contribution is 2.66. The van der Waals surface area contributed by atoms with Crippen LogP contribution < -0.4 is 9.64 Å². The van der Waals surface area contributed by atoms with E-state index in [0.717, 1.165) is 55.1 Å². The number of benzene rings is 2. The van der Waals surface area contributed by atoms with Crippen molar-refractivity contribution in [1.82, 2.24) is 19.4 Å². The minimum absolute atomic E-state index is 0.0272. The molecule has 4 aliphatic rings. The van der Waals surface area contributed by atoms with E-state index in [2.05, 4.69) is 14.4 Å². The van der Waals surface area contributed by atoms with Gasteiger partial charge in [0, 0.05) is 24.8 Å². The third kappa shape index (κ3) is 4.16. The van der Waals surface area contributed by atoms with Crippen molar-refractivity contribution >= 4 is 22.8 Å². The van der Waals surface area contributed by atoms with Gasteiger partial charge in [0.05, 0.1) is 65.0 Å². The molecular weight excluding hydrogens is 551 g/mol. The summed E-state index contributed by atoms with van der Waals surface area (Å²) >= 11 is 0. The molecule has 8 rings (SSSR count). The van der Waals surface area contributed by atoms with E-state index in [0.29, 0.717) is 36.6 Å². The van der Waals surface area contributed by atoms with E-state index in [1.54, 1.807) is 36.4 Å². The van der Waals surface area contributed by atoms with E-state index < -0.39 is 11.8 Å². The highest BCUT2D eigenvalue weighted by molar-refractivity contribution is 5.92. The number of carboxylic acid groups (broad SMARTS) is 1. The van der Waals surface area contributed by atoms with Crippen LogP contribution in [0.1, 0.15) is 46.6 Å². The number of rotatable bonds is 9. The molecule has 0 radical (unpaired) electrons. The molecule has 1 spiro atoms. The van der Waals surface area contributed by atoms with Gasteiger partial charge in [-0.05, 0) is 55.7 Å². The number of fused-ring (bicyclic) bond motifs is 1. The predicted molar refractivity (Wildman–Crippen MR) is 153 cm³/mol. The second-order valence-corrected chi connectivity index (χ2v) is 11.8. The number of hydrogen-bond acceptors (Lipinski definition) is 8. The van der Waals surface area contributed by atoms with Gasteiger partial charge < -0.3 is 24.0 Å². The number of piperazine rings is 1. The summed E-state index contributed by atoms with van der Waals surface area (Å²) < 4.78 is 28.2. The molecule has 3 aliphatic heterocycles. The average Bonchev–Trinajstić information content (AvgIpc) is 3.30. The molecule has 4 atom stereocenters. The second kappa shape index (κ2) is 9.76. The van der Waals surface area contributed by atoms with Crippen LogP contribution in [0.25, 0.3) is 11.0 Å². The van der Waals surface area contributed by atoms with Crippen molar-refractivity contribution < 1.29 is 23.8 Å². The molecule has 1 N–H and O–H groups in total. The number of nitriles is 1. The highest BCUT2D eigenvalue weighted by atomic mass is 19.1. The van der Waals surface area contributed by atoms with Crippen LogP contribution in [-0.4, -0.2) is 67.4 Å². The molecule has 4 fully saturated rings. The van der Waals surface area contributed by atoms with Crippen molar-refractivity contribution in [2.24, 2.45) is 0 Å². The second-order valence-electron chi connectivity index (χ2n) is 11.8. The first-order chi connectivity index (χ1) is 20.9. The molecule has 0 amide bonds. The van der Waals surface area contributed by atoms with E-state index in [1.165, 1.54) is 6.07 Å². The summed E-state index contributed by atoms with van der Waals surface area (Å²) in [5.74, 6) is 0.805. The smallest absolute Gasteiger partial charge is 0.335 e. The highest BCUT2D eigenvalue weighted by Gasteiger charge is 2.81. The third-order valence-electron chi connectivity index (χ3n) is 9.52. The fourth-order valence-electron chi connectivity index (χ4n) is 7.22. The van der Waals surface area contributed by atoms with Gasteiger partial charge in [0.15, 0.2) is 0 Å². The van der Waals surface area contributed by atoms with Crippen LogP contribution in [0.4, 0.5) is 10.2 Å². The summed E-state index contributed by atoms with van der Waals surface area (Å²) in [6.45, 7) is 3.02. The Morgan fingerprint density at radius 2 is 2.09 bits per heavy atom. The van der Waals surface area contributed by atoms with E-state index in [9.17, 15) is 14.3 Å². The van der Waals surface area contributed by atoms with Crippen molar-refractivity contribution in [2.45, 2.75) is 62.7 Å². The zero-order valence-electron chi connectivity index (χ0n) is 23.3. The number of likely N-dealkylation sites (tertiary alicyclic amines) is 1. The lowest BCUT2D eigenvalue weighted by atomic mass is 9.83. The Kier molecular flexibility index (Phi) is 5.93. The number of carbonyl (C=O) groups is 1. The van der Waals surface area contributed by atoms with Gasteiger partial charge in [0.25, 0.3) is 0 Å². The number of anilines is 1. The molecular formula is C32H29FN6O4. The zero-order chi connectivity index (χ0) is 29.3. The molecule has 11 heteroatoms. The topological polar surface area (TPSA) is 117 Å². The first-order valence-electron chi connectivity index (χ1n) is 14.6. The minimum atomic E-state index is -0.947. The maximum atomic E-state index is 14.3. The molecule has 3 saturated heterocycles. The fraction of sp³-hybridized carbons (Fsp3) is 0.375.